The standard InChI is InChI=1S/C11H14BrN3O3/c1-6-3-15(4-7(6)11(17)18-2)9-8(12)10(16)14-5-13-9/h5-7H,3-4H2,1-2H3,(H,13,14,16). The zero-order chi connectivity index (χ0) is 13.3. The maximum absolute atomic E-state index is 11.6. The van der Waals surface area contributed by atoms with Crippen molar-refractivity contribution in [1.29, 1.82) is 0 Å². The normalized spacial score (nSPS) is 23.2. The number of ether oxygens (including phenoxy) is 1. The number of carbonyl (C=O) groups excluding carboxylic acids is 1. The van der Waals surface area contributed by atoms with Gasteiger partial charge in [-0.3, -0.25) is 9.59 Å². The molecule has 2 heterocycles. The molecule has 1 saturated heterocycles. The van der Waals surface area contributed by atoms with E-state index < -0.39 is 0 Å². The number of rotatable bonds is 2. The SMILES string of the molecule is COC(=O)C1CN(c2nc[nH]c(=O)c2Br)CC1C. The highest BCUT2D eigenvalue weighted by molar-refractivity contribution is 9.10. The summed E-state index contributed by atoms with van der Waals surface area (Å²) >= 11 is 3.22. The summed E-state index contributed by atoms with van der Waals surface area (Å²) in [6, 6.07) is 0. The number of esters is 1. The highest BCUT2D eigenvalue weighted by Gasteiger charge is 2.36. The van der Waals surface area contributed by atoms with Gasteiger partial charge in [0.2, 0.25) is 0 Å². The average molecular weight is 316 g/mol. The molecular formula is C11H14BrN3O3. The summed E-state index contributed by atoms with van der Waals surface area (Å²) in [4.78, 5) is 31.6. The number of hydrogen-bond acceptors (Lipinski definition) is 5. The molecular weight excluding hydrogens is 302 g/mol. The average Bonchev–Trinajstić information content (AvgIpc) is 2.73. The molecule has 0 spiro atoms. The lowest BCUT2D eigenvalue weighted by Crippen LogP contribution is -2.26. The number of halogens is 1. The predicted octanol–water partition coefficient (Wildman–Crippen LogP) is 0.778. The highest BCUT2D eigenvalue weighted by Crippen LogP contribution is 2.30. The summed E-state index contributed by atoms with van der Waals surface area (Å²) in [5.74, 6) is 0.344. The molecule has 98 valence electrons. The Balaban J connectivity index is 2.25. The highest BCUT2D eigenvalue weighted by atomic mass is 79.9. The fraction of sp³-hybridized carbons (Fsp3) is 0.545. The van der Waals surface area contributed by atoms with E-state index in [1.165, 1.54) is 13.4 Å². The first-order valence-electron chi connectivity index (χ1n) is 5.60. The minimum absolute atomic E-state index is 0.172. The van der Waals surface area contributed by atoms with Crippen LogP contribution in [0, 0.1) is 11.8 Å². The van der Waals surface area contributed by atoms with Gasteiger partial charge in [0.15, 0.2) is 0 Å². The van der Waals surface area contributed by atoms with Crippen molar-refractivity contribution in [1.82, 2.24) is 9.97 Å². The molecule has 0 radical (unpaired) electrons. The summed E-state index contributed by atoms with van der Waals surface area (Å²) in [7, 11) is 1.39. The second-order valence-electron chi connectivity index (χ2n) is 4.38. The molecule has 2 atom stereocenters. The summed E-state index contributed by atoms with van der Waals surface area (Å²) < 4.78 is 5.17. The molecule has 0 amide bonds. The third-order valence-electron chi connectivity index (χ3n) is 3.19. The molecule has 2 unspecified atom stereocenters. The van der Waals surface area contributed by atoms with E-state index in [1.807, 2.05) is 11.8 Å². The molecule has 1 aromatic heterocycles. The van der Waals surface area contributed by atoms with Crippen molar-refractivity contribution in [3.63, 3.8) is 0 Å². The first-order chi connectivity index (χ1) is 8.54. The molecule has 7 heteroatoms. The molecule has 6 nitrogen and oxygen atoms in total. The van der Waals surface area contributed by atoms with Gasteiger partial charge in [-0.15, -0.1) is 0 Å². The number of nitrogens with one attached hydrogen (secondary N) is 1. The molecule has 18 heavy (non-hydrogen) atoms. The molecule has 1 aliphatic rings. The van der Waals surface area contributed by atoms with E-state index in [-0.39, 0.29) is 23.4 Å². The minimum atomic E-state index is -0.228. The molecule has 1 aromatic rings. The van der Waals surface area contributed by atoms with Gasteiger partial charge in [-0.05, 0) is 21.8 Å². The molecule has 1 fully saturated rings. The smallest absolute Gasteiger partial charge is 0.310 e. The van der Waals surface area contributed by atoms with Gasteiger partial charge >= 0.3 is 5.97 Å². The summed E-state index contributed by atoms with van der Waals surface area (Å²) in [6.45, 7) is 3.18. The Morgan fingerprint density at radius 2 is 2.33 bits per heavy atom. The molecule has 2 rings (SSSR count). The maximum Gasteiger partial charge on any atom is 0.310 e. The lowest BCUT2D eigenvalue weighted by atomic mass is 9.99. The lowest BCUT2D eigenvalue weighted by Gasteiger charge is -2.17. The number of carbonyl (C=O) groups is 1. The fourth-order valence-electron chi connectivity index (χ4n) is 2.19. The van der Waals surface area contributed by atoms with E-state index in [4.69, 9.17) is 4.74 Å². The first-order valence-corrected chi connectivity index (χ1v) is 6.39. The van der Waals surface area contributed by atoms with Gasteiger partial charge in [0, 0.05) is 13.1 Å². The Morgan fingerprint density at radius 1 is 1.61 bits per heavy atom. The molecule has 0 aliphatic carbocycles. The first kappa shape index (κ1) is 13.1. The predicted molar refractivity (Wildman–Crippen MR) is 69.4 cm³/mol. The molecule has 1 aliphatic heterocycles. The zero-order valence-electron chi connectivity index (χ0n) is 10.1. The summed E-state index contributed by atoms with van der Waals surface area (Å²) in [5.41, 5.74) is -0.228. The van der Waals surface area contributed by atoms with Crippen LogP contribution in [0.4, 0.5) is 5.82 Å². The Morgan fingerprint density at radius 3 is 3.00 bits per heavy atom. The van der Waals surface area contributed by atoms with Crippen LogP contribution in [0.15, 0.2) is 15.6 Å². The van der Waals surface area contributed by atoms with Crippen LogP contribution in [-0.2, 0) is 9.53 Å². The minimum Gasteiger partial charge on any atom is -0.469 e. The van der Waals surface area contributed by atoms with Gasteiger partial charge in [0.25, 0.3) is 5.56 Å². The van der Waals surface area contributed by atoms with Crippen LogP contribution < -0.4 is 10.5 Å². The topological polar surface area (TPSA) is 75.3 Å². The van der Waals surface area contributed by atoms with Crippen LogP contribution in [0.2, 0.25) is 0 Å². The van der Waals surface area contributed by atoms with Gasteiger partial charge in [-0.25, -0.2) is 4.98 Å². The molecule has 0 bridgehead atoms. The van der Waals surface area contributed by atoms with Crippen LogP contribution in [0.25, 0.3) is 0 Å². The Labute approximate surface area is 112 Å². The summed E-state index contributed by atoms with van der Waals surface area (Å²) in [5, 5.41) is 0. The van der Waals surface area contributed by atoms with E-state index in [2.05, 4.69) is 25.9 Å². The van der Waals surface area contributed by atoms with Gasteiger partial charge < -0.3 is 14.6 Å². The maximum atomic E-state index is 11.6. The monoisotopic (exact) mass is 315 g/mol. The van der Waals surface area contributed by atoms with Gasteiger partial charge in [0.05, 0.1) is 19.4 Å². The fourth-order valence-corrected chi connectivity index (χ4v) is 2.66. The number of methoxy groups -OCH3 is 1. The van der Waals surface area contributed by atoms with Crippen LogP contribution in [0.1, 0.15) is 6.92 Å². The number of hydrogen-bond donors (Lipinski definition) is 1. The third kappa shape index (κ3) is 2.27. The number of anilines is 1. The molecule has 0 aromatic carbocycles. The zero-order valence-corrected chi connectivity index (χ0v) is 11.7. The van der Waals surface area contributed by atoms with E-state index >= 15 is 0 Å². The van der Waals surface area contributed by atoms with Crippen LogP contribution in [0.5, 0.6) is 0 Å². The van der Waals surface area contributed by atoms with Crippen molar-refractivity contribution < 1.29 is 9.53 Å². The number of H-pyrrole nitrogens is 1. The van der Waals surface area contributed by atoms with E-state index in [1.54, 1.807) is 0 Å². The second-order valence-corrected chi connectivity index (χ2v) is 5.17. The van der Waals surface area contributed by atoms with Crippen molar-refractivity contribution in [2.45, 2.75) is 6.92 Å². The Kier molecular flexibility index (Phi) is 3.70. The van der Waals surface area contributed by atoms with Crippen molar-refractivity contribution in [2.24, 2.45) is 11.8 Å². The van der Waals surface area contributed by atoms with Crippen molar-refractivity contribution in [3.8, 4) is 0 Å². The van der Waals surface area contributed by atoms with Crippen LogP contribution in [-0.4, -0.2) is 36.1 Å². The number of aromatic nitrogens is 2. The van der Waals surface area contributed by atoms with Crippen molar-refractivity contribution >= 4 is 27.7 Å². The summed E-state index contributed by atoms with van der Waals surface area (Å²) in [6.07, 6.45) is 1.36. The van der Waals surface area contributed by atoms with Crippen molar-refractivity contribution in [3.05, 3.63) is 21.2 Å². The van der Waals surface area contributed by atoms with Crippen molar-refractivity contribution in [2.75, 3.05) is 25.1 Å². The van der Waals surface area contributed by atoms with Gasteiger partial charge in [-0.1, -0.05) is 6.92 Å². The number of nitrogens with zero attached hydrogens (tertiary/aromatic N) is 2. The van der Waals surface area contributed by atoms with E-state index in [0.29, 0.717) is 23.4 Å². The van der Waals surface area contributed by atoms with Gasteiger partial charge in [-0.2, -0.15) is 0 Å². The second kappa shape index (κ2) is 5.09. The Bertz CT molecular complexity index is 517. The Hall–Kier alpha value is -1.37. The molecule has 0 saturated carbocycles. The van der Waals surface area contributed by atoms with E-state index in [0.717, 1.165) is 0 Å². The third-order valence-corrected chi connectivity index (χ3v) is 3.91. The number of aromatic amines is 1. The molecule has 1 N–H and O–H groups in total. The lowest BCUT2D eigenvalue weighted by molar-refractivity contribution is -0.145. The van der Waals surface area contributed by atoms with Gasteiger partial charge in [0.1, 0.15) is 10.3 Å². The van der Waals surface area contributed by atoms with Crippen LogP contribution in [0.3, 0.4) is 0 Å². The van der Waals surface area contributed by atoms with Crippen LogP contribution >= 0.6 is 15.9 Å². The van der Waals surface area contributed by atoms with E-state index in [9.17, 15) is 9.59 Å². The quantitative estimate of drug-likeness (QED) is 0.816. The largest absolute Gasteiger partial charge is 0.469 e.